The number of pyridine rings is 9. The second kappa shape index (κ2) is 38.2. The smallest absolute Gasteiger partial charge is 0.355 e. The number of hydrogen-bond acceptors (Lipinski definition) is 19. The number of para-hydroxylation sites is 1. The Morgan fingerprint density at radius 1 is 0.413 bits per heavy atom. The predicted octanol–water partition coefficient (Wildman–Crippen LogP) is 14.6. The fraction of sp³-hybridized carbons (Fsp3) is 0.163. The number of aromatic nitrogens is 19. The monoisotopic (exact) mass is 1870 g/mol. The standard InChI is InChI=1S/C26H24F2N6O3.C26H23FN6O2.C24H20F2N6O2.C22H15F2N5O3/c1-14-18(27)11-21-23(31-14)22(17-5-4-6-29-25(17)35)24(26(36)37-8-7-33(2)3)34(21)13-16-9-15-12-30-32-20(15)10-19(16)28;1-3-29-26(35)24-22(17-8-6-10-30-25(17)34)23-20(12-18(27)14(2)31-23)33(24)13-15-11-21(28)32-19-9-5-4-7-16(15)19;1-3-27-24(34)22-20(15-5-4-6-28-23(15)33)21-19(9-16(25)12(2)30-21)32(22)11-14-7-13-10-29-31-18(13)8-17(14)26;1-10-14(23)7-17-19(27-10)18(13-3-2-4-25-21(13)30)20(22(31)32)29(17)9-12-5-11-8-26-28-16(11)6-15(12)24/h4-6,9-12H,7-8,13H2,1-3H3,(H,29,35)(H,30,32);4-12H,3,13H2,1-2H3,(H2,28,32)(H,29,35)(H,30,34);4-10H,3,11H2,1-2H3,(H,27,34)(H,28,33)(H,29,31);2-8H,9H2,1H3,(H,25,30)(H,26,28)(H,31,32). The molecule has 0 atom stereocenters. The third kappa shape index (κ3) is 17.7. The van der Waals surface area contributed by atoms with Gasteiger partial charge in [-0.2, -0.15) is 15.3 Å². The summed E-state index contributed by atoms with van der Waals surface area (Å²) in [7, 11) is 3.67. The number of benzene rings is 4. The number of hydrogen-bond donors (Lipinski definition) is 11. The van der Waals surface area contributed by atoms with Crippen LogP contribution in [0, 0.1) is 68.4 Å². The quantitative estimate of drug-likeness (QED) is 0.0235. The first kappa shape index (κ1) is 92.3. The summed E-state index contributed by atoms with van der Waals surface area (Å²) >= 11 is 0. The van der Waals surface area contributed by atoms with Crippen LogP contribution in [0.2, 0.25) is 0 Å². The molecule has 0 aliphatic heterocycles. The Morgan fingerprint density at radius 3 is 1.08 bits per heavy atom. The van der Waals surface area contributed by atoms with Crippen LogP contribution in [0.1, 0.15) is 101 Å². The molecule has 40 heteroatoms. The first-order valence-corrected chi connectivity index (χ1v) is 43.0. The highest BCUT2D eigenvalue weighted by Crippen LogP contribution is 2.41. The highest BCUT2D eigenvalue weighted by Gasteiger charge is 2.35. The molecular weight excluding hydrogens is 1790 g/mol. The lowest BCUT2D eigenvalue weighted by molar-refractivity contribution is 0.0470. The zero-order valence-corrected chi connectivity index (χ0v) is 74.6. The number of ether oxygens (including phenoxy) is 1. The fourth-order valence-electron chi connectivity index (χ4n) is 16.7. The summed E-state index contributed by atoms with van der Waals surface area (Å²) in [6.45, 7) is 10.5. The van der Waals surface area contributed by atoms with Crippen LogP contribution in [-0.4, -0.2) is 168 Å². The van der Waals surface area contributed by atoms with Crippen molar-refractivity contribution in [2.45, 2.75) is 67.7 Å². The molecule has 0 saturated carbocycles. The van der Waals surface area contributed by atoms with Gasteiger partial charge in [-0.15, -0.1) is 0 Å². The van der Waals surface area contributed by atoms with Gasteiger partial charge in [0.2, 0.25) is 0 Å². The number of rotatable bonds is 21. The number of likely N-dealkylation sites (N-methyl/N-ethyl adjacent to an activating group) is 1. The van der Waals surface area contributed by atoms with Crippen molar-refractivity contribution in [2.75, 3.05) is 46.1 Å². The van der Waals surface area contributed by atoms with Gasteiger partial charge in [0.1, 0.15) is 75.9 Å². The van der Waals surface area contributed by atoms with Crippen LogP contribution in [0.4, 0.5) is 36.6 Å². The van der Waals surface area contributed by atoms with E-state index in [1.165, 1.54) is 108 Å². The molecule has 20 rings (SSSR count). The van der Waals surface area contributed by atoms with Gasteiger partial charge in [-0.3, -0.25) is 44.1 Å². The third-order valence-corrected chi connectivity index (χ3v) is 23.2. The Hall–Kier alpha value is -17.6. The minimum Gasteiger partial charge on any atom is -0.477 e. The van der Waals surface area contributed by atoms with Gasteiger partial charge >= 0.3 is 11.9 Å². The molecule has 0 fully saturated rings. The predicted molar refractivity (Wildman–Crippen MR) is 504 cm³/mol. The van der Waals surface area contributed by atoms with E-state index in [-0.39, 0.29) is 173 Å². The van der Waals surface area contributed by atoms with E-state index in [2.05, 4.69) is 86.1 Å². The number of nitrogens with one attached hydrogen (secondary N) is 9. The van der Waals surface area contributed by atoms with Gasteiger partial charge in [0, 0.05) is 136 Å². The van der Waals surface area contributed by atoms with Crippen molar-refractivity contribution < 1.29 is 59.8 Å². The zero-order chi connectivity index (χ0) is 97.5. The zero-order valence-electron chi connectivity index (χ0n) is 74.6. The Bertz CT molecular complexity index is 8570. The summed E-state index contributed by atoms with van der Waals surface area (Å²) in [6, 6.07) is 35.6. The lowest BCUT2D eigenvalue weighted by Crippen LogP contribution is -2.27. The van der Waals surface area contributed by atoms with Crippen LogP contribution >= 0.6 is 0 Å². The second-order valence-corrected chi connectivity index (χ2v) is 32.5. The average molecular weight is 1870 g/mol. The Morgan fingerprint density at radius 2 is 0.739 bits per heavy atom. The minimum absolute atomic E-state index is 0.0188. The van der Waals surface area contributed by atoms with E-state index in [0.717, 1.165) is 17.0 Å². The molecule has 16 aromatic heterocycles. The normalized spacial score (nSPS) is 11.4. The second-order valence-electron chi connectivity index (χ2n) is 32.5. The third-order valence-electron chi connectivity index (χ3n) is 23.2. The van der Waals surface area contributed by atoms with Crippen molar-refractivity contribution >= 4 is 117 Å². The van der Waals surface area contributed by atoms with Crippen molar-refractivity contribution in [3.8, 4) is 44.5 Å². The summed E-state index contributed by atoms with van der Waals surface area (Å²) in [6.07, 6.45) is 10.5. The molecular formula is C98H82F7N23O10. The van der Waals surface area contributed by atoms with E-state index >= 15 is 4.39 Å². The van der Waals surface area contributed by atoms with Crippen LogP contribution in [-0.2, 0) is 30.9 Å². The van der Waals surface area contributed by atoms with Gasteiger partial charge in [0.15, 0.2) is 0 Å². The van der Waals surface area contributed by atoms with Gasteiger partial charge in [0.05, 0.1) is 149 Å². The van der Waals surface area contributed by atoms with Crippen molar-refractivity contribution in [3.05, 3.63) is 333 Å². The topological polar surface area (TPSA) is 453 Å². The van der Waals surface area contributed by atoms with E-state index in [1.54, 1.807) is 104 Å². The van der Waals surface area contributed by atoms with Crippen LogP contribution in [0.25, 0.3) is 132 Å². The molecule has 0 unspecified atom stereocenters. The average Bonchev–Trinajstić information content (AvgIpc) is 1.59. The van der Waals surface area contributed by atoms with Gasteiger partial charge in [-0.1, -0.05) is 18.2 Å². The van der Waals surface area contributed by atoms with Crippen molar-refractivity contribution in [1.29, 1.82) is 0 Å². The number of anilines is 1. The van der Waals surface area contributed by atoms with Gasteiger partial charge in [-0.05, 0) is 158 Å². The molecule has 4 aromatic carbocycles. The SMILES string of the molecule is CCNC(=O)c1c(-c2ccc[nH]c2=O)c2nc(C)c(F)cc2n1Cc1cc(N)nc2ccccc12.CCNC(=O)c1c(-c2ccc[nH]c2=O)c2nc(C)c(F)cc2n1Cc1cc2cn[nH]c2cc1F.Cc1nc2c(-c3ccc[nH]c3=O)c(C(=O)O)n(Cc3cc4cn[nH]c4cc3F)c2cc1F.Cc1nc2c(-c3ccc[nH]c3=O)c(C(=O)OCCN(C)C)n(Cc3cc4cn[nH]c4cc3F)c2cc1F. The molecule has 16 heterocycles. The van der Waals surface area contributed by atoms with Crippen molar-refractivity contribution in [3.63, 3.8) is 0 Å². The number of nitrogens with two attached hydrogens (primary N) is 1. The molecule has 33 nitrogen and oxygen atoms in total. The maximum absolute atomic E-state index is 15.1. The van der Waals surface area contributed by atoms with E-state index in [9.17, 15) is 69.8 Å². The van der Waals surface area contributed by atoms with Crippen LogP contribution in [0.3, 0.4) is 0 Å². The molecule has 0 aliphatic rings. The van der Waals surface area contributed by atoms with Gasteiger partial charge < -0.3 is 69.3 Å². The summed E-state index contributed by atoms with van der Waals surface area (Å²) < 4.78 is 115. The lowest BCUT2D eigenvalue weighted by atomic mass is 10.1. The number of carboxylic acid groups (broad SMARTS) is 1. The number of nitrogens with zero attached hydrogens (tertiary/aromatic N) is 13. The number of nitrogen functional groups attached to an aromatic ring is 1. The maximum Gasteiger partial charge on any atom is 0.355 e. The largest absolute Gasteiger partial charge is 0.477 e. The molecule has 0 bridgehead atoms. The molecule has 0 aliphatic carbocycles. The molecule has 698 valence electrons. The fourth-order valence-corrected chi connectivity index (χ4v) is 16.7. The van der Waals surface area contributed by atoms with Crippen LogP contribution in [0.5, 0.6) is 0 Å². The number of esters is 1. The Labute approximate surface area is 773 Å². The number of carboxylic acids is 1. The first-order chi connectivity index (χ1) is 66.4. The number of carbonyl (C=O) groups is 4. The van der Waals surface area contributed by atoms with Crippen molar-refractivity contribution in [2.24, 2.45) is 0 Å². The number of carbonyl (C=O) groups excluding carboxylic acids is 3. The molecule has 0 spiro atoms. The van der Waals surface area contributed by atoms with Crippen LogP contribution < -0.4 is 38.6 Å². The molecule has 2 amide bonds. The number of aromatic amines is 7. The number of aromatic carboxylic acids is 1. The summed E-state index contributed by atoms with van der Waals surface area (Å²) in [4.78, 5) is 138. The molecule has 12 N–H and O–H groups in total. The van der Waals surface area contributed by atoms with E-state index in [0.29, 0.717) is 80.3 Å². The lowest BCUT2D eigenvalue weighted by Gasteiger charge is -2.14. The number of amides is 2. The number of H-pyrrole nitrogens is 7. The van der Waals surface area contributed by atoms with Crippen LogP contribution in [0.15, 0.2) is 202 Å². The highest BCUT2D eigenvalue weighted by molar-refractivity contribution is 6.12. The molecule has 20 aromatic rings. The molecule has 138 heavy (non-hydrogen) atoms. The Balaban J connectivity index is 0.000000127. The van der Waals surface area contributed by atoms with E-state index < -0.39 is 81.2 Å². The minimum atomic E-state index is -1.36. The number of fused-ring (bicyclic) bond motifs is 8. The van der Waals surface area contributed by atoms with E-state index in [1.807, 2.05) is 43.3 Å². The summed E-state index contributed by atoms with van der Waals surface area (Å²) in [5, 5.41) is 38.3. The molecule has 0 saturated heterocycles. The van der Waals surface area contributed by atoms with Gasteiger partial charge in [0.25, 0.3) is 34.1 Å². The summed E-state index contributed by atoms with van der Waals surface area (Å²) in [5.41, 5.74) is 12.1. The number of halogens is 7. The molecule has 0 radical (unpaired) electrons. The first-order valence-electron chi connectivity index (χ1n) is 43.0. The summed E-state index contributed by atoms with van der Waals surface area (Å²) in [5.74, 6) is -6.61. The highest BCUT2D eigenvalue weighted by atomic mass is 19.2. The number of aryl methyl sites for hydroxylation is 4. The van der Waals surface area contributed by atoms with E-state index in [4.69, 9.17) is 10.5 Å². The Kier molecular flexibility index (Phi) is 25.5. The maximum atomic E-state index is 15.1. The van der Waals surface area contributed by atoms with Crippen molar-refractivity contribution in [1.82, 2.24) is 109 Å². The van der Waals surface area contributed by atoms with Gasteiger partial charge in [-0.25, -0.2) is 65.2 Å².